The van der Waals surface area contributed by atoms with Crippen molar-refractivity contribution in [2.24, 2.45) is 0 Å². The number of hydrogen-bond donors (Lipinski definition) is 2. The van der Waals surface area contributed by atoms with Crippen LogP contribution in [0, 0.1) is 6.92 Å². The number of benzene rings is 2. The second kappa shape index (κ2) is 14.9. The summed E-state index contributed by atoms with van der Waals surface area (Å²) in [6.07, 6.45) is 3.76. The Balaban J connectivity index is 0.997. The summed E-state index contributed by atoms with van der Waals surface area (Å²) in [4.78, 5) is 21.9. The topological polar surface area (TPSA) is 124 Å². The first-order chi connectivity index (χ1) is 24.7. The molecule has 1 aliphatic heterocycles. The maximum absolute atomic E-state index is 13.1. The van der Waals surface area contributed by atoms with E-state index in [-0.39, 0.29) is 5.41 Å². The number of anilines is 2. The van der Waals surface area contributed by atoms with Crippen LogP contribution in [0.1, 0.15) is 32.0 Å². The Morgan fingerprint density at radius 1 is 0.941 bits per heavy atom. The molecule has 7 rings (SSSR count). The summed E-state index contributed by atoms with van der Waals surface area (Å²) in [5.74, 6) is 2.52. The van der Waals surface area contributed by atoms with Crippen molar-refractivity contribution >= 4 is 35.1 Å². The maximum Gasteiger partial charge on any atom is 0.326 e. The minimum Gasteiger partial charge on any atom is -0.492 e. The molecule has 13 heteroatoms. The molecule has 0 saturated carbocycles. The summed E-state index contributed by atoms with van der Waals surface area (Å²) in [6.45, 7) is 13.2. The molecule has 0 bridgehead atoms. The van der Waals surface area contributed by atoms with E-state index in [0.717, 1.165) is 82.4 Å². The Labute approximate surface area is 301 Å². The van der Waals surface area contributed by atoms with Gasteiger partial charge in [0.25, 0.3) is 0 Å². The second-order valence-corrected chi connectivity index (χ2v) is 14.6. The SMILES string of the molecule is Cc1ccc(-n2nc(C(C)(C)C)cc2NC(=O)Nc2ccc(Sc3ccc4nnc(-c5cccc(OCCN6CCOCC6)c5)n4c3)cn2)cc1. The van der Waals surface area contributed by atoms with Gasteiger partial charge in [-0.25, -0.2) is 14.5 Å². The van der Waals surface area contributed by atoms with E-state index in [9.17, 15) is 4.79 Å². The molecule has 262 valence electrons. The Morgan fingerprint density at radius 2 is 1.75 bits per heavy atom. The lowest BCUT2D eigenvalue weighted by atomic mass is 9.92. The summed E-state index contributed by atoms with van der Waals surface area (Å²) < 4.78 is 15.3. The van der Waals surface area contributed by atoms with E-state index in [0.29, 0.717) is 18.2 Å². The van der Waals surface area contributed by atoms with Gasteiger partial charge in [0, 0.05) is 58.9 Å². The van der Waals surface area contributed by atoms with Crippen LogP contribution in [-0.4, -0.2) is 79.7 Å². The van der Waals surface area contributed by atoms with E-state index in [4.69, 9.17) is 14.6 Å². The molecule has 0 spiro atoms. The van der Waals surface area contributed by atoms with Crippen LogP contribution in [-0.2, 0) is 10.2 Å². The van der Waals surface area contributed by atoms with Crippen LogP contribution < -0.4 is 15.4 Å². The Bertz CT molecular complexity index is 2120. The zero-order valence-corrected chi connectivity index (χ0v) is 30.0. The number of ether oxygens (including phenoxy) is 2. The van der Waals surface area contributed by atoms with Gasteiger partial charge in [0.15, 0.2) is 11.5 Å². The number of nitrogens with zero attached hydrogens (tertiary/aromatic N) is 7. The standard InChI is InChI=1S/C38H41N9O3S/c1-26-8-10-28(11-9-26)47-35(23-32(44-47)38(2,3)4)41-37(48)40-33-14-12-30(24-39-33)51-31-13-15-34-42-43-36(46(34)25-31)27-6-5-7-29(22-27)50-21-18-45-16-19-49-20-17-45/h5-15,22-25H,16-21H2,1-4H3,(H2,39,40,41,48). The molecule has 2 N–H and O–H groups in total. The molecule has 1 aliphatic rings. The number of carbonyl (C=O) groups excluding carboxylic acids is 1. The lowest BCUT2D eigenvalue weighted by Crippen LogP contribution is -2.38. The number of carbonyl (C=O) groups is 1. The van der Waals surface area contributed by atoms with Crippen LogP contribution in [0.5, 0.6) is 5.75 Å². The fourth-order valence-electron chi connectivity index (χ4n) is 5.60. The number of fused-ring (bicyclic) bond motifs is 1. The molecular weight excluding hydrogens is 663 g/mol. The van der Waals surface area contributed by atoms with E-state index in [2.05, 4.69) is 51.5 Å². The van der Waals surface area contributed by atoms with Crippen molar-refractivity contribution in [3.8, 4) is 22.8 Å². The van der Waals surface area contributed by atoms with Crippen LogP contribution in [0.2, 0.25) is 0 Å². The molecule has 1 saturated heterocycles. The predicted octanol–water partition coefficient (Wildman–Crippen LogP) is 7.09. The summed E-state index contributed by atoms with van der Waals surface area (Å²) in [7, 11) is 0. The maximum atomic E-state index is 13.1. The van der Waals surface area contributed by atoms with Crippen molar-refractivity contribution in [3.05, 3.63) is 103 Å². The number of rotatable bonds is 10. The predicted molar refractivity (Wildman–Crippen MR) is 199 cm³/mol. The first-order valence-corrected chi connectivity index (χ1v) is 17.8. The van der Waals surface area contributed by atoms with Crippen molar-refractivity contribution in [1.82, 2.24) is 34.3 Å². The molecule has 1 fully saturated rings. The quantitative estimate of drug-likeness (QED) is 0.154. The van der Waals surface area contributed by atoms with Gasteiger partial charge in [-0.15, -0.1) is 10.2 Å². The van der Waals surface area contributed by atoms with Gasteiger partial charge < -0.3 is 9.47 Å². The fraction of sp³-hybridized carbons (Fsp3) is 0.289. The molecule has 2 aromatic carbocycles. The molecular formula is C38H41N9O3S. The van der Waals surface area contributed by atoms with Crippen LogP contribution in [0.4, 0.5) is 16.4 Å². The van der Waals surface area contributed by atoms with Crippen molar-refractivity contribution in [2.75, 3.05) is 50.1 Å². The molecule has 12 nitrogen and oxygen atoms in total. The summed E-state index contributed by atoms with van der Waals surface area (Å²) >= 11 is 1.56. The summed E-state index contributed by atoms with van der Waals surface area (Å²) in [5.41, 5.74) is 4.35. The minimum atomic E-state index is -0.409. The third kappa shape index (κ3) is 8.39. The lowest BCUT2D eigenvalue weighted by Gasteiger charge is -2.26. The smallest absolute Gasteiger partial charge is 0.326 e. The van der Waals surface area contributed by atoms with Gasteiger partial charge in [0.05, 0.1) is 24.6 Å². The Morgan fingerprint density at radius 3 is 2.51 bits per heavy atom. The molecule has 0 aliphatic carbocycles. The van der Waals surface area contributed by atoms with Gasteiger partial charge in [0.2, 0.25) is 0 Å². The number of morpholine rings is 1. The van der Waals surface area contributed by atoms with Crippen LogP contribution in [0.15, 0.2) is 101 Å². The van der Waals surface area contributed by atoms with Gasteiger partial charge in [-0.2, -0.15) is 5.10 Å². The number of pyridine rings is 2. The number of nitrogens with one attached hydrogen (secondary N) is 2. The summed E-state index contributed by atoms with van der Waals surface area (Å²) in [5, 5.41) is 19.5. The highest BCUT2D eigenvalue weighted by Gasteiger charge is 2.22. The van der Waals surface area contributed by atoms with Crippen LogP contribution in [0.25, 0.3) is 22.7 Å². The fourth-order valence-corrected chi connectivity index (χ4v) is 6.41. The van der Waals surface area contributed by atoms with E-state index < -0.39 is 6.03 Å². The first kappa shape index (κ1) is 34.2. The number of aromatic nitrogens is 6. The number of hydrogen-bond acceptors (Lipinski definition) is 9. The number of urea groups is 1. The molecule has 6 aromatic rings. The molecule has 0 unspecified atom stereocenters. The normalized spacial score (nSPS) is 13.7. The average Bonchev–Trinajstić information content (AvgIpc) is 3.75. The van der Waals surface area contributed by atoms with Crippen molar-refractivity contribution < 1.29 is 14.3 Å². The van der Waals surface area contributed by atoms with Crippen molar-refractivity contribution in [1.29, 1.82) is 0 Å². The van der Waals surface area contributed by atoms with Crippen molar-refractivity contribution in [2.45, 2.75) is 42.9 Å². The molecule has 0 radical (unpaired) electrons. The largest absolute Gasteiger partial charge is 0.492 e. The minimum absolute atomic E-state index is 0.193. The molecule has 4 aromatic heterocycles. The van der Waals surface area contributed by atoms with E-state index in [1.807, 2.05) is 90.3 Å². The van der Waals surface area contributed by atoms with Crippen molar-refractivity contribution in [3.63, 3.8) is 0 Å². The third-order valence-electron chi connectivity index (χ3n) is 8.46. The van der Waals surface area contributed by atoms with Gasteiger partial charge in [0.1, 0.15) is 24.0 Å². The van der Waals surface area contributed by atoms with E-state index in [1.165, 1.54) is 0 Å². The highest BCUT2D eigenvalue weighted by molar-refractivity contribution is 7.99. The molecule has 51 heavy (non-hydrogen) atoms. The van der Waals surface area contributed by atoms with Gasteiger partial charge in [-0.05, 0) is 55.5 Å². The van der Waals surface area contributed by atoms with Gasteiger partial charge >= 0.3 is 6.03 Å². The molecule has 0 atom stereocenters. The zero-order valence-electron chi connectivity index (χ0n) is 29.2. The van der Waals surface area contributed by atoms with Crippen LogP contribution >= 0.6 is 11.8 Å². The number of aryl methyl sites for hydroxylation is 1. The number of amides is 2. The molecule has 2 amide bonds. The highest BCUT2D eigenvalue weighted by Crippen LogP contribution is 2.31. The average molecular weight is 704 g/mol. The zero-order chi connectivity index (χ0) is 35.4. The lowest BCUT2D eigenvalue weighted by molar-refractivity contribution is 0.0322. The van der Waals surface area contributed by atoms with Crippen LogP contribution in [0.3, 0.4) is 0 Å². The second-order valence-electron chi connectivity index (χ2n) is 13.4. The Hall–Kier alpha value is -5.24. The Kier molecular flexibility index (Phi) is 10.0. The van der Waals surface area contributed by atoms with Gasteiger partial charge in [-0.3, -0.25) is 19.9 Å². The third-order valence-corrected chi connectivity index (χ3v) is 9.41. The molecule has 5 heterocycles. The first-order valence-electron chi connectivity index (χ1n) is 17.0. The van der Waals surface area contributed by atoms with Gasteiger partial charge in [-0.1, -0.05) is 62.4 Å². The summed E-state index contributed by atoms with van der Waals surface area (Å²) in [6, 6.07) is 25.1. The highest BCUT2D eigenvalue weighted by atomic mass is 32.2. The van der Waals surface area contributed by atoms with E-state index >= 15 is 0 Å². The van der Waals surface area contributed by atoms with E-state index in [1.54, 1.807) is 28.7 Å². The monoisotopic (exact) mass is 703 g/mol.